The number of phenolic OH excluding ortho intramolecular Hbond substituents is 3. The van der Waals surface area contributed by atoms with E-state index in [1.54, 1.807) is 0 Å². The number of benzene rings is 1. The maximum absolute atomic E-state index is 10.6. The first-order chi connectivity index (χ1) is 5.84. The molecular formula is C6H6O6S. The zero-order valence-corrected chi connectivity index (χ0v) is 6.98. The summed E-state index contributed by atoms with van der Waals surface area (Å²) < 4.78 is 29.6. The third-order valence-corrected chi connectivity index (χ3v) is 2.27. The predicted molar refractivity (Wildman–Crippen MR) is 41.3 cm³/mol. The summed E-state index contributed by atoms with van der Waals surface area (Å²) in [7, 11) is -4.75. The van der Waals surface area contributed by atoms with E-state index in [0.29, 0.717) is 0 Å². The Balaban J connectivity index is 3.62. The van der Waals surface area contributed by atoms with Crippen LogP contribution in [0.4, 0.5) is 0 Å². The molecule has 0 unspecified atom stereocenters. The van der Waals surface area contributed by atoms with Gasteiger partial charge in [-0.3, -0.25) is 4.55 Å². The lowest BCUT2D eigenvalue weighted by molar-refractivity contribution is 0.373. The zero-order valence-electron chi connectivity index (χ0n) is 6.17. The minimum absolute atomic E-state index is 0.745. The molecule has 1 aromatic rings. The highest BCUT2D eigenvalue weighted by atomic mass is 32.2. The van der Waals surface area contributed by atoms with E-state index >= 15 is 0 Å². The Labute approximate surface area is 73.4 Å². The maximum Gasteiger partial charge on any atom is 0.302 e. The SMILES string of the molecule is O=S(=O)(O)c1c(O)ccc(O)c1O. The van der Waals surface area contributed by atoms with Crippen molar-refractivity contribution in [1.82, 2.24) is 0 Å². The van der Waals surface area contributed by atoms with Crippen LogP contribution < -0.4 is 0 Å². The normalized spacial score (nSPS) is 11.5. The average molecular weight is 206 g/mol. The highest BCUT2D eigenvalue weighted by Crippen LogP contribution is 2.37. The number of aromatic hydroxyl groups is 3. The third-order valence-electron chi connectivity index (χ3n) is 1.35. The van der Waals surface area contributed by atoms with Gasteiger partial charge in [-0.2, -0.15) is 8.42 Å². The number of phenols is 3. The molecule has 0 heterocycles. The van der Waals surface area contributed by atoms with Gasteiger partial charge in [-0.1, -0.05) is 0 Å². The van der Waals surface area contributed by atoms with E-state index in [4.69, 9.17) is 19.9 Å². The van der Waals surface area contributed by atoms with E-state index in [0.717, 1.165) is 12.1 Å². The van der Waals surface area contributed by atoms with Gasteiger partial charge in [0.25, 0.3) is 0 Å². The Hall–Kier alpha value is -1.47. The monoisotopic (exact) mass is 206 g/mol. The minimum atomic E-state index is -4.75. The second kappa shape index (κ2) is 2.79. The van der Waals surface area contributed by atoms with Crippen molar-refractivity contribution in [2.75, 3.05) is 0 Å². The summed E-state index contributed by atoms with van der Waals surface area (Å²) in [4.78, 5) is -1.10. The summed E-state index contributed by atoms with van der Waals surface area (Å²) in [6.45, 7) is 0. The molecule has 1 aromatic carbocycles. The van der Waals surface area contributed by atoms with Crippen molar-refractivity contribution in [1.29, 1.82) is 0 Å². The van der Waals surface area contributed by atoms with Crippen LogP contribution in [0.15, 0.2) is 17.0 Å². The fourth-order valence-electron chi connectivity index (χ4n) is 0.804. The van der Waals surface area contributed by atoms with Crippen LogP contribution in [-0.4, -0.2) is 28.3 Å². The molecule has 0 aliphatic carbocycles. The first-order valence-electron chi connectivity index (χ1n) is 3.05. The van der Waals surface area contributed by atoms with E-state index in [1.165, 1.54) is 0 Å². The fraction of sp³-hybridized carbons (Fsp3) is 0. The van der Waals surface area contributed by atoms with Crippen molar-refractivity contribution in [3.8, 4) is 17.2 Å². The van der Waals surface area contributed by atoms with E-state index < -0.39 is 32.3 Å². The van der Waals surface area contributed by atoms with Gasteiger partial charge in [-0.15, -0.1) is 0 Å². The van der Waals surface area contributed by atoms with Gasteiger partial charge < -0.3 is 15.3 Å². The molecule has 0 radical (unpaired) electrons. The van der Waals surface area contributed by atoms with E-state index in [2.05, 4.69) is 0 Å². The van der Waals surface area contributed by atoms with Crippen LogP contribution in [0.2, 0.25) is 0 Å². The Kier molecular flexibility index (Phi) is 2.06. The Morgan fingerprint density at radius 3 is 1.85 bits per heavy atom. The molecule has 7 heteroatoms. The lowest BCUT2D eigenvalue weighted by Crippen LogP contribution is -1.98. The second-order valence-corrected chi connectivity index (χ2v) is 3.61. The average Bonchev–Trinajstić information content (AvgIpc) is 1.95. The van der Waals surface area contributed by atoms with Gasteiger partial charge in [-0.05, 0) is 12.1 Å². The molecule has 6 nitrogen and oxygen atoms in total. The molecule has 0 aromatic heterocycles. The van der Waals surface area contributed by atoms with Crippen LogP contribution in [0, 0.1) is 0 Å². The van der Waals surface area contributed by atoms with Gasteiger partial charge in [0.2, 0.25) is 0 Å². The van der Waals surface area contributed by atoms with E-state index in [-0.39, 0.29) is 0 Å². The Morgan fingerprint density at radius 2 is 1.46 bits per heavy atom. The molecule has 72 valence electrons. The molecule has 0 fully saturated rings. The van der Waals surface area contributed by atoms with Crippen LogP contribution in [0.25, 0.3) is 0 Å². The highest BCUT2D eigenvalue weighted by Gasteiger charge is 2.22. The number of hydrogen-bond acceptors (Lipinski definition) is 5. The van der Waals surface area contributed by atoms with Crippen LogP contribution in [0.3, 0.4) is 0 Å². The van der Waals surface area contributed by atoms with Crippen molar-refractivity contribution in [3.05, 3.63) is 12.1 Å². The largest absolute Gasteiger partial charge is 0.506 e. The quantitative estimate of drug-likeness (QED) is 0.293. The van der Waals surface area contributed by atoms with Crippen LogP contribution in [0.5, 0.6) is 17.2 Å². The summed E-state index contributed by atoms with van der Waals surface area (Å²) in [5.41, 5.74) is 0. The molecule has 0 aliphatic rings. The van der Waals surface area contributed by atoms with Gasteiger partial charge in [-0.25, -0.2) is 0 Å². The molecule has 0 bridgehead atoms. The van der Waals surface area contributed by atoms with E-state index in [9.17, 15) is 8.42 Å². The van der Waals surface area contributed by atoms with Crippen LogP contribution in [-0.2, 0) is 10.1 Å². The topological polar surface area (TPSA) is 115 Å². The number of rotatable bonds is 1. The first kappa shape index (κ1) is 9.62. The van der Waals surface area contributed by atoms with Crippen molar-refractivity contribution < 1.29 is 28.3 Å². The molecule has 0 aliphatic heterocycles. The molecule has 0 saturated heterocycles. The van der Waals surface area contributed by atoms with Gasteiger partial charge in [0.1, 0.15) is 5.75 Å². The maximum atomic E-state index is 10.6. The minimum Gasteiger partial charge on any atom is -0.506 e. The van der Waals surface area contributed by atoms with Crippen molar-refractivity contribution in [3.63, 3.8) is 0 Å². The Morgan fingerprint density at radius 1 is 1.00 bits per heavy atom. The smallest absolute Gasteiger partial charge is 0.302 e. The van der Waals surface area contributed by atoms with Crippen LogP contribution >= 0.6 is 0 Å². The molecule has 0 saturated carbocycles. The summed E-state index contributed by atoms with van der Waals surface area (Å²) in [6.07, 6.45) is 0. The zero-order chi connectivity index (χ0) is 10.2. The molecule has 13 heavy (non-hydrogen) atoms. The van der Waals surface area contributed by atoms with Gasteiger partial charge in [0.15, 0.2) is 16.4 Å². The molecule has 0 atom stereocenters. The molecule has 0 spiro atoms. The molecule has 0 amide bonds. The Bertz CT molecular complexity index is 435. The lowest BCUT2D eigenvalue weighted by Gasteiger charge is -2.04. The van der Waals surface area contributed by atoms with Crippen molar-refractivity contribution in [2.24, 2.45) is 0 Å². The van der Waals surface area contributed by atoms with E-state index in [1.807, 2.05) is 0 Å². The third kappa shape index (κ3) is 1.65. The van der Waals surface area contributed by atoms with Crippen LogP contribution in [0.1, 0.15) is 0 Å². The van der Waals surface area contributed by atoms with Gasteiger partial charge >= 0.3 is 10.1 Å². The molecular weight excluding hydrogens is 200 g/mol. The summed E-state index contributed by atoms with van der Waals surface area (Å²) in [5.74, 6) is -2.66. The second-order valence-electron chi connectivity index (χ2n) is 2.26. The fourth-order valence-corrected chi connectivity index (χ4v) is 1.49. The van der Waals surface area contributed by atoms with Crippen molar-refractivity contribution in [2.45, 2.75) is 4.90 Å². The van der Waals surface area contributed by atoms with Gasteiger partial charge in [0, 0.05) is 0 Å². The summed E-state index contributed by atoms with van der Waals surface area (Å²) in [5, 5.41) is 26.8. The van der Waals surface area contributed by atoms with Crippen molar-refractivity contribution >= 4 is 10.1 Å². The molecule has 1 rings (SSSR count). The number of hydrogen-bond donors (Lipinski definition) is 4. The molecule has 4 N–H and O–H groups in total. The highest BCUT2D eigenvalue weighted by molar-refractivity contribution is 7.86. The van der Waals surface area contributed by atoms with Gasteiger partial charge in [0.05, 0.1) is 0 Å². The predicted octanol–water partition coefficient (Wildman–Crippen LogP) is 0.0501. The first-order valence-corrected chi connectivity index (χ1v) is 4.49. The summed E-state index contributed by atoms with van der Waals surface area (Å²) >= 11 is 0. The standard InChI is InChI=1S/C6H6O6S/c7-3-1-2-4(8)6(5(3)9)13(10,11)12/h1-2,7-9H,(H,10,11,12). The summed E-state index contributed by atoms with van der Waals surface area (Å²) in [6, 6.07) is 1.72. The lowest BCUT2D eigenvalue weighted by atomic mass is 10.3.